The van der Waals surface area contributed by atoms with Crippen LogP contribution in [0.3, 0.4) is 0 Å². The number of hydrogen-bond donors (Lipinski definition) is 1. The molecule has 1 aromatic carbocycles. The van der Waals surface area contributed by atoms with Crippen molar-refractivity contribution in [2.45, 2.75) is 19.8 Å². The van der Waals surface area contributed by atoms with Gasteiger partial charge in [0.2, 0.25) is 5.91 Å². The number of nitriles is 1. The lowest BCUT2D eigenvalue weighted by Crippen LogP contribution is -2.28. The maximum Gasteiger partial charge on any atom is 0.307 e. The molecule has 0 saturated carbocycles. The number of carbonyl (C=O) groups excluding carboxylic acids is 2. The molecule has 1 rings (SSSR count). The summed E-state index contributed by atoms with van der Waals surface area (Å²) >= 11 is 0. The second-order valence-corrected chi connectivity index (χ2v) is 5.09. The summed E-state index contributed by atoms with van der Waals surface area (Å²) in [5.74, 6) is -0.468. The Kier molecular flexibility index (Phi) is 8.94. The minimum absolute atomic E-state index is 0.155. The predicted molar refractivity (Wildman–Crippen MR) is 90.6 cm³/mol. The van der Waals surface area contributed by atoms with Crippen molar-refractivity contribution in [2.75, 3.05) is 43.6 Å². The molecule has 24 heavy (non-hydrogen) atoms. The monoisotopic (exact) mass is 333 g/mol. The smallest absolute Gasteiger partial charge is 0.307 e. The summed E-state index contributed by atoms with van der Waals surface area (Å²) in [6, 6.07) is 9.39. The average Bonchev–Trinajstić information content (AvgIpc) is 2.55. The van der Waals surface area contributed by atoms with Crippen LogP contribution in [0.5, 0.6) is 0 Å². The van der Waals surface area contributed by atoms with Gasteiger partial charge in [0.1, 0.15) is 6.61 Å². The van der Waals surface area contributed by atoms with Crippen molar-refractivity contribution in [1.82, 2.24) is 0 Å². The van der Waals surface area contributed by atoms with Crippen molar-refractivity contribution >= 4 is 23.3 Å². The Morgan fingerprint density at radius 3 is 2.75 bits per heavy atom. The van der Waals surface area contributed by atoms with E-state index in [2.05, 4.69) is 11.4 Å². The third-order valence-electron chi connectivity index (χ3n) is 3.16. The van der Waals surface area contributed by atoms with Gasteiger partial charge in [0.05, 0.1) is 25.5 Å². The third-order valence-corrected chi connectivity index (χ3v) is 3.16. The summed E-state index contributed by atoms with van der Waals surface area (Å²) in [7, 11) is 1.54. The molecular weight excluding hydrogens is 310 g/mol. The summed E-state index contributed by atoms with van der Waals surface area (Å²) < 4.78 is 9.86. The van der Waals surface area contributed by atoms with Crippen LogP contribution in [0.4, 0.5) is 11.4 Å². The first-order valence-electron chi connectivity index (χ1n) is 7.71. The second-order valence-electron chi connectivity index (χ2n) is 5.09. The van der Waals surface area contributed by atoms with Crippen LogP contribution in [0.1, 0.15) is 19.8 Å². The second kappa shape index (κ2) is 11.0. The van der Waals surface area contributed by atoms with Gasteiger partial charge in [-0.1, -0.05) is 6.07 Å². The largest absolute Gasteiger partial charge is 0.463 e. The molecule has 0 aromatic heterocycles. The predicted octanol–water partition coefficient (Wildman–Crippen LogP) is 1.94. The molecule has 7 heteroatoms. The molecule has 0 atom stereocenters. The molecule has 0 bridgehead atoms. The zero-order valence-electron chi connectivity index (χ0n) is 14.1. The number of rotatable bonds is 10. The topological polar surface area (TPSA) is 91.7 Å². The van der Waals surface area contributed by atoms with E-state index in [1.54, 1.807) is 13.2 Å². The summed E-state index contributed by atoms with van der Waals surface area (Å²) in [6.07, 6.45) is 0.544. The highest BCUT2D eigenvalue weighted by Gasteiger charge is 2.11. The van der Waals surface area contributed by atoms with Gasteiger partial charge in [0.15, 0.2) is 0 Å². The molecule has 0 heterocycles. The van der Waals surface area contributed by atoms with E-state index in [0.29, 0.717) is 31.8 Å². The molecule has 0 spiro atoms. The maximum absolute atomic E-state index is 11.7. The Morgan fingerprint density at radius 1 is 1.29 bits per heavy atom. The SMILES string of the molecule is COCCOC(=O)CCN(CCC#N)c1cccc(NC(C)=O)c1. The quantitative estimate of drug-likeness (QED) is 0.520. The van der Waals surface area contributed by atoms with Gasteiger partial charge in [-0.3, -0.25) is 9.59 Å². The lowest BCUT2D eigenvalue weighted by Gasteiger charge is -2.24. The molecule has 7 nitrogen and oxygen atoms in total. The number of nitrogens with one attached hydrogen (secondary N) is 1. The molecule has 0 saturated heterocycles. The van der Waals surface area contributed by atoms with Crippen molar-refractivity contribution in [2.24, 2.45) is 0 Å². The average molecular weight is 333 g/mol. The van der Waals surface area contributed by atoms with Gasteiger partial charge < -0.3 is 19.7 Å². The van der Waals surface area contributed by atoms with Gasteiger partial charge in [0.25, 0.3) is 0 Å². The molecule has 1 aromatic rings. The van der Waals surface area contributed by atoms with Crippen molar-refractivity contribution in [3.05, 3.63) is 24.3 Å². The molecule has 0 radical (unpaired) electrons. The number of ether oxygens (including phenoxy) is 2. The van der Waals surface area contributed by atoms with Crippen LogP contribution >= 0.6 is 0 Å². The van der Waals surface area contributed by atoms with Crippen molar-refractivity contribution < 1.29 is 19.1 Å². The van der Waals surface area contributed by atoms with Crippen LogP contribution < -0.4 is 10.2 Å². The number of carbonyl (C=O) groups is 2. The zero-order chi connectivity index (χ0) is 17.8. The van der Waals surface area contributed by atoms with E-state index in [1.165, 1.54) is 6.92 Å². The van der Waals surface area contributed by atoms with E-state index in [-0.39, 0.29) is 24.9 Å². The van der Waals surface area contributed by atoms with Crippen LogP contribution in [-0.4, -0.2) is 45.3 Å². The van der Waals surface area contributed by atoms with Gasteiger partial charge in [-0.2, -0.15) is 5.26 Å². The number of methoxy groups -OCH3 is 1. The maximum atomic E-state index is 11.7. The number of anilines is 2. The Bertz CT molecular complexity index is 583. The normalized spacial score (nSPS) is 9.88. The molecule has 0 unspecified atom stereocenters. The molecule has 0 aliphatic rings. The molecule has 1 amide bonds. The Morgan fingerprint density at radius 2 is 2.08 bits per heavy atom. The van der Waals surface area contributed by atoms with Gasteiger partial charge in [-0.15, -0.1) is 0 Å². The van der Waals surface area contributed by atoms with Crippen LogP contribution in [0.15, 0.2) is 24.3 Å². The summed E-state index contributed by atoms with van der Waals surface area (Å²) in [5.41, 5.74) is 1.51. The van der Waals surface area contributed by atoms with Gasteiger partial charge in [0, 0.05) is 38.5 Å². The fourth-order valence-electron chi connectivity index (χ4n) is 2.08. The van der Waals surface area contributed by atoms with Crippen LogP contribution in [-0.2, 0) is 19.1 Å². The molecule has 1 N–H and O–H groups in total. The molecule has 130 valence electrons. The van der Waals surface area contributed by atoms with Gasteiger partial charge >= 0.3 is 5.97 Å². The van der Waals surface area contributed by atoms with Gasteiger partial charge in [-0.25, -0.2) is 0 Å². The number of esters is 1. The van der Waals surface area contributed by atoms with E-state index in [0.717, 1.165) is 5.69 Å². The molecule has 0 aliphatic carbocycles. The van der Waals surface area contributed by atoms with E-state index in [1.807, 2.05) is 23.1 Å². The number of benzene rings is 1. The molecule has 0 fully saturated rings. The Balaban J connectivity index is 2.69. The van der Waals surface area contributed by atoms with E-state index >= 15 is 0 Å². The number of nitrogens with zero attached hydrogens (tertiary/aromatic N) is 2. The van der Waals surface area contributed by atoms with Crippen LogP contribution in [0.25, 0.3) is 0 Å². The van der Waals surface area contributed by atoms with Crippen molar-refractivity contribution in [3.8, 4) is 6.07 Å². The zero-order valence-corrected chi connectivity index (χ0v) is 14.1. The van der Waals surface area contributed by atoms with E-state index in [4.69, 9.17) is 14.7 Å². The first-order valence-corrected chi connectivity index (χ1v) is 7.71. The van der Waals surface area contributed by atoms with E-state index in [9.17, 15) is 9.59 Å². The highest BCUT2D eigenvalue weighted by atomic mass is 16.6. The number of hydrogen-bond acceptors (Lipinski definition) is 6. The van der Waals surface area contributed by atoms with Crippen LogP contribution in [0, 0.1) is 11.3 Å². The third kappa shape index (κ3) is 7.61. The first kappa shape index (κ1) is 19.5. The van der Waals surface area contributed by atoms with E-state index < -0.39 is 0 Å². The minimum Gasteiger partial charge on any atom is -0.463 e. The van der Waals surface area contributed by atoms with Gasteiger partial charge in [-0.05, 0) is 18.2 Å². The standard InChI is InChI=1S/C17H23N3O4/c1-14(21)19-15-5-3-6-16(13-15)20(9-4-8-18)10-7-17(22)24-12-11-23-2/h3,5-6,13H,4,7,9-12H2,1-2H3,(H,19,21). The molecular formula is C17H23N3O4. The first-order chi connectivity index (χ1) is 11.6. The lowest BCUT2D eigenvalue weighted by atomic mass is 10.2. The highest BCUT2D eigenvalue weighted by molar-refractivity contribution is 5.89. The summed E-state index contributed by atoms with van der Waals surface area (Å²) in [4.78, 5) is 24.8. The lowest BCUT2D eigenvalue weighted by molar-refractivity contribution is -0.144. The summed E-state index contributed by atoms with van der Waals surface area (Å²) in [6.45, 7) is 2.95. The number of amides is 1. The minimum atomic E-state index is -0.313. The van der Waals surface area contributed by atoms with Crippen molar-refractivity contribution in [3.63, 3.8) is 0 Å². The molecule has 0 aliphatic heterocycles. The fraction of sp³-hybridized carbons (Fsp3) is 0.471. The van der Waals surface area contributed by atoms with Crippen molar-refractivity contribution in [1.29, 1.82) is 5.26 Å². The summed E-state index contributed by atoms with van der Waals surface area (Å²) in [5, 5.41) is 11.5. The highest BCUT2D eigenvalue weighted by Crippen LogP contribution is 2.20. The fourth-order valence-corrected chi connectivity index (χ4v) is 2.08. The van der Waals surface area contributed by atoms with Crippen LogP contribution in [0.2, 0.25) is 0 Å². The Labute approximate surface area is 142 Å². The Hall–Kier alpha value is -2.59.